The summed E-state index contributed by atoms with van der Waals surface area (Å²) in [6.07, 6.45) is 1.68. The summed E-state index contributed by atoms with van der Waals surface area (Å²) in [6, 6.07) is 17.3. The predicted molar refractivity (Wildman–Crippen MR) is 86.4 cm³/mol. The molecule has 0 saturated carbocycles. The highest BCUT2D eigenvalue weighted by Gasteiger charge is 1.95. The van der Waals surface area contributed by atoms with Gasteiger partial charge in [0.05, 0.1) is 13.3 Å². The maximum atomic E-state index is 5.14. The third kappa shape index (κ3) is 4.37. The Kier molecular flexibility index (Phi) is 5.08. The SMILES string of the molecule is COc1cccc(/C=N/NC(=S)Nc2ccccc2)c1. The van der Waals surface area contributed by atoms with Crippen LogP contribution in [0.3, 0.4) is 0 Å². The molecule has 0 heterocycles. The summed E-state index contributed by atoms with van der Waals surface area (Å²) >= 11 is 5.14. The average molecular weight is 285 g/mol. The number of anilines is 1. The summed E-state index contributed by atoms with van der Waals surface area (Å²) in [5, 5.41) is 7.55. The smallest absolute Gasteiger partial charge is 0.191 e. The molecule has 102 valence electrons. The van der Waals surface area contributed by atoms with Crippen LogP contribution >= 0.6 is 12.2 Å². The fourth-order valence-electron chi connectivity index (χ4n) is 1.57. The van der Waals surface area contributed by atoms with Crippen molar-refractivity contribution in [2.45, 2.75) is 0 Å². The van der Waals surface area contributed by atoms with E-state index in [1.54, 1.807) is 13.3 Å². The summed E-state index contributed by atoms with van der Waals surface area (Å²) < 4.78 is 5.14. The number of hydrogen-bond donors (Lipinski definition) is 2. The monoisotopic (exact) mass is 285 g/mol. The Morgan fingerprint density at radius 2 is 1.95 bits per heavy atom. The summed E-state index contributed by atoms with van der Waals surface area (Å²) in [7, 11) is 1.63. The second-order valence-corrected chi connectivity index (χ2v) is 4.38. The van der Waals surface area contributed by atoms with Crippen LogP contribution in [0.25, 0.3) is 0 Å². The molecule has 0 radical (unpaired) electrons. The molecule has 2 aromatic rings. The van der Waals surface area contributed by atoms with E-state index in [4.69, 9.17) is 17.0 Å². The van der Waals surface area contributed by atoms with Gasteiger partial charge in [-0.1, -0.05) is 30.3 Å². The Labute approximate surface area is 123 Å². The van der Waals surface area contributed by atoms with Crippen LogP contribution in [0.15, 0.2) is 59.7 Å². The molecule has 0 aliphatic rings. The van der Waals surface area contributed by atoms with Gasteiger partial charge in [0.2, 0.25) is 0 Å². The Morgan fingerprint density at radius 1 is 1.15 bits per heavy atom. The Morgan fingerprint density at radius 3 is 2.70 bits per heavy atom. The highest BCUT2D eigenvalue weighted by molar-refractivity contribution is 7.80. The van der Waals surface area contributed by atoms with E-state index in [2.05, 4.69) is 15.8 Å². The predicted octanol–water partition coefficient (Wildman–Crippen LogP) is 3.02. The fraction of sp³-hybridized carbons (Fsp3) is 0.0667. The third-order valence-corrected chi connectivity index (χ3v) is 2.70. The molecule has 2 rings (SSSR count). The number of para-hydroxylation sites is 1. The van der Waals surface area contributed by atoms with Crippen LogP contribution in [-0.2, 0) is 0 Å². The zero-order chi connectivity index (χ0) is 14.2. The van der Waals surface area contributed by atoms with Crippen molar-refractivity contribution in [3.8, 4) is 5.75 Å². The van der Waals surface area contributed by atoms with E-state index < -0.39 is 0 Å². The zero-order valence-electron chi connectivity index (χ0n) is 11.0. The van der Waals surface area contributed by atoms with Crippen LogP contribution in [0, 0.1) is 0 Å². The molecule has 0 saturated heterocycles. The molecule has 2 aromatic carbocycles. The Balaban J connectivity index is 1.88. The topological polar surface area (TPSA) is 45.6 Å². The molecule has 0 aliphatic carbocycles. The first-order valence-electron chi connectivity index (χ1n) is 6.07. The molecular weight excluding hydrogens is 270 g/mol. The second-order valence-electron chi connectivity index (χ2n) is 3.97. The van der Waals surface area contributed by atoms with Crippen molar-refractivity contribution in [1.29, 1.82) is 0 Å². The number of methoxy groups -OCH3 is 1. The molecule has 0 aliphatic heterocycles. The van der Waals surface area contributed by atoms with E-state index in [0.717, 1.165) is 17.0 Å². The molecular formula is C15H15N3OS. The van der Waals surface area contributed by atoms with Crippen molar-refractivity contribution in [3.05, 3.63) is 60.2 Å². The van der Waals surface area contributed by atoms with Crippen molar-refractivity contribution >= 4 is 29.2 Å². The molecule has 0 bridgehead atoms. The van der Waals surface area contributed by atoms with Crippen molar-refractivity contribution in [2.24, 2.45) is 5.10 Å². The lowest BCUT2D eigenvalue weighted by atomic mass is 10.2. The lowest BCUT2D eigenvalue weighted by molar-refractivity contribution is 0.415. The maximum Gasteiger partial charge on any atom is 0.191 e. The van der Waals surface area contributed by atoms with Gasteiger partial charge in [-0.3, -0.25) is 5.43 Å². The molecule has 5 heteroatoms. The standard InChI is InChI=1S/C15H15N3OS/c1-19-14-9-5-6-12(10-14)11-16-18-15(20)17-13-7-3-2-4-8-13/h2-11H,1H3,(H2,17,18,20)/b16-11+. The normalized spacial score (nSPS) is 10.2. The van der Waals surface area contributed by atoms with Crippen molar-refractivity contribution in [3.63, 3.8) is 0 Å². The number of nitrogens with one attached hydrogen (secondary N) is 2. The highest BCUT2D eigenvalue weighted by Crippen LogP contribution is 2.10. The van der Waals surface area contributed by atoms with Crippen molar-refractivity contribution in [2.75, 3.05) is 12.4 Å². The molecule has 0 unspecified atom stereocenters. The van der Waals surface area contributed by atoms with Gasteiger partial charge >= 0.3 is 0 Å². The van der Waals surface area contributed by atoms with E-state index in [0.29, 0.717) is 5.11 Å². The molecule has 0 aromatic heterocycles. The van der Waals surface area contributed by atoms with Gasteiger partial charge in [0.1, 0.15) is 5.75 Å². The second kappa shape index (κ2) is 7.25. The molecule has 0 atom stereocenters. The van der Waals surface area contributed by atoms with Crippen LogP contribution in [0.4, 0.5) is 5.69 Å². The van der Waals surface area contributed by atoms with Crippen LogP contribution < -0.4 is 15.5 Å². The third-order valence-electron chi connectivity index (χ3n) is 2.51. The lowest BCUT2D eigenvalue weighted by Gasteiger charge is -2.06. The van der Waals surface area contributed by atoms with E-state index in [-0.39, 0.29) is 0 Å². The maximum absolute atomic E-state index is 5.14. The first kappa shape index (κ1) is 14.0. The minimum absolute atomic E-state index is 0.440. The summed E-state index contributed by atoms with van der Waals surface area (Å²) in [6.45, 7) is 0. The van der Waals surface area contributed by atoms with Gasteiger partial charge in [0, 0.05) is 5.69 Å². The van der Waals surface area contributed by atoms with Gasteiger partial charge in [-0.25, -0.2) is 0 Å². The lowest BCUT2D eigenvalue weighted by Crippen LogP contribution is -2.23. The van der Waals surface area contributed by atoms with E-state index in [9.17, 15) is 0 Å². The number of benzene rings is 2. The van der Waals surface area contributed by atoms with Gasteiger partial charge in [-0.2, -0.15) is 5.10 Å². The minimum Gasteiger partial charge on any atom is -0.497 e. The number of ether oxygens (including phenoxy) is 1. The molecule has 0 spiro atoms. The Bertz CT molecular complexity index is 599. The zero-order valence-corrected chi connectivity index (χ0v) is 11.9. The van der Waals surface area contributed by atoms with Crippen LogP contribution in [0.2, 0.25) is 0 Å². The van der Waals surface area contributed by atoms with E-state index in [1.807, 2.05) is 54.6 Å². The van der Waals surface area contributed by atoms with Crippen molar-refractivity contribution < 1.29 is 4.74 Å². The number of hydrogen-bond acceptors (Lipinski definition) is 3. The quantitative estimate of drug-likeness (QED) is 0.515. The molecule has 0 amide bonds. The number of hydrazone groups is 1. The van der Waals surface area contributed by atoms with Gasteiger partial charge < -0.3 is 10.1 Å². The Hall–Kier alpha value is -2.40. The van der Waals surface area contributed by atoms with Crippen LogP contribution in [-0.4, -0.2) is 18.4 Å². The van der Waals surface area contributed by atoms with Gasteiger partial charge in [0.25, 0.3) is 0 Å². The van der Waals surface area contributed by atoms with E-state index >= 15 is 0 Å². The summed E-state index contributed by atoms with van der Waals surface area (Å²) in [4.78, 5) is 0. The van der Waals surface area contributed by atoms with Crippen LogP contribution in [0.1, 0.15) is 5.56 Å². The van der Waals surface area contributed by atoms with E-state index in [1.165, 1.54) is 0 Å². The first-order chi connectivity index (χ1) is 9.78. The molecule has 2 N–H and O–H groups in total. The van der Waals surface area contributed by atoms with Gasteiger partial charge in [-0.05, 0) is 42.0 Å². The summed E-state index contributed by atoms with van der Waals surface area (Å²) in [5.41, 5.74) is 4.61. The van der Waals surface area contributed by atoms with Gasteiger partial charge in [0.15, 0.2) is 5.11 Å². The average Bonchev–Trinajstić information content (AvgIpc) is 2.48. The fourth-order valence-corrected chi connectivity index (χ4v) is 1.74. The molecule has 20 heavy (non-hydrogen) atoms. The minimum atomic E-state index is 0.440. The molecule has 4 nitrogen and oxygen atoms in total. The molecule has 0 fully saturated rings. The summed E-state index contributed by atoms with van der Waals surface area (Å²) in [5.74, 6) is 0.791. The van der Waals surface area contributed by atoms with Gasteiger partial charge in [-0.15, -0.1) is 0 Å². The van der Waals surface area contributed by atoms with Crippen LogP contribution in [0.5, 0.6) is 5.75 Å². The highest BCUT2D eigenvalue weighted by atomic mass is 32.1. The van der Waals surface area contributed by atoms with Crippen molar-refractivity contribution in [1.82, 2.24) is 5.43 Å². The number of thiocarbonyl (C=S) groups is 1. The number of nitrogens with zero attached hydrogens (tertiary/aromatic N) is 1. The number of rotatable bonds is 4. The first-order valence-corrected chi connectivity index (χ1v) is 6.48. The largest absolute Gasteiger partial charge is 0.497 e.